The summed E-state index contributed by atoms with van der Waals surface area (Å²) in [6.07, 6.45) is 1.65. The minimum atomic E-state index is -0.0410. The molecule has 1 aromatic rings. The summed E-state index contributed by atoms with van der Waals surface area (Å²) in [6, 6.07) is 2.65. The summed E-state index contributed by atoms with van der Waals surface area (Å²) in [5.74, 6) is 0. The van der Waals surface area contributed by atoms with Gasteiger partial charge in [0.15, 0.2) is 0 Å². The van der Waals surface area contributed by atoms with Crippen LogP contribution in [0, 0.1) is 13.8 Å². The van der Waals surface area contributed by atoms with Gasteiger partial charge in [-0.1, -0.05) is 11.6 Å². The zero-order valence-corrected chi connectivity index (χ0v) is 11.7. The van der Waals surface area contributed by atoms with Crippen LogP contribution in [0.5, 0.6) is 0 Å². The topological polar surface area (TPSA) is 33.6 Å². The minimum absolute atomic E-state index is 0.0410. The lowest BCUT2D eigenvalue weighted by Gasteiger charge is -2.22. The van der Waals surface area contributed by atoms with Crippen molar-refractivity contribution >= 4 is 29.0 Å². The van der Waals surface area contributed by atoms with E-state index < -0.39 is 0 Å². The number of rotatable bonds is 2. The molecule has 2 rings (SSSR count). The molecule has 3 nitrogen and oxygen atoms in total. The largest absolute Gasteiger partial charge is 0.465 e. The number of amidine groups is 1. The number of nitrogens with one attached hydrogen (secondary N) is 1. The molecule has 0 aliphatic carbocycles. The van der Waals surface area contributed by atoms with Gasteiger partial charge < -0.3 is 10.1 Å². The maximum atomic E-state index is 6.20. The lowest BCUT2D eigenvalue weighted by molar-refractivity contribution is 0.305. The molecule has 1 aliphatic rings. The first kappa shape index (κ1) is 12.5. The van der Waals surface area contributed by atoms with Gasteiger partial charge in [0.2, 0.25) is 0 Å². The highest BCUT2D eigenvalue weighted by atomic mass is 35.5. The van der Waals surface area contributed by atoms with Crippen LogP contribution in [0.2, 0.25) is 0 Å². The molecule has 1 unspecified atom stereocenters. The molecule has 0 spiro atoms. The van der Waals surface area contributed by atoms with E-state index in [1.54, 1.807) is 17.5 Å². The van der Waals surface area contributed by atoms with Gasteiger partial charge in [0.25, 0.3) is 6.02 Å². The Bertz CT molecular complexity index is 479. The fraction of sp³-hybridized carbons (Fsp3) is 0.417. The molecule has 0 radical (unpaired) electrons. The van der Waals surface area contributed by atoms with Crippen LogP contribution >= 0.6 is 22.9 Å². The minimum Gasteiger partial charge on any atom is -0.465 e. The van der Waals surface area contributed by atoms with Crippen LogP contribution in [0.1, 0.15) is 28.3 Å². The first-order valence-electron chi connectivity index (χ1n) is 5.51. The molecule has 0 aromatic carbocycles. The third-order valence-corrected chi connectivity index (χ3v) is 3.82. The third-order valence-electron chi connectivity index (χ3n) is 2.52. The summed E-state index contributed by atoms with van der Waals surface area (Å²) in [5.41, 5.74) is 1.20. The number of nitrogens with zero attached hydrogens (tertiary/aromatic N) is 1. The van der Waals surface area contributed by atoms with Gasteiger partial charge in [0.05, 0.1) is 17.7 Å². The third kappa shape index (κ3) is 2.64. The number of hydrogen-bond acceptors (Lipinski definition) is 4. The second-order valence-electron chi connectivity index (χ2n) is 3.83. The fourth-order valence-electron chi connectivity index (χ4n) is 1.80. The molecule has 17 heavy (non-hydrogen) atoms. The highest BCUT2D eigenvalue weighted by molar-refractivity contribution is 7.12. The average molecular weight is 271 g/mol. The Labute approximate surface area is 110 Å². The number of hydrogen-bond donors (Lipinski definition) is 1. The Hall–Kier alpha value is -1.00. The zero-order valence-electron chi connectivity index (χ0n) is 10.1. The Morgan fingerprint density at radius 3 is 2.88 bits per heavy atom. The van der Waals surface area contributed by atoms with Gasteiger partial charge in [0.1, 0.15) is 0 Å². The standard InChI is InChI=1S/C12H15ClN2OS/c1-4-16-12-14-6-10(13)11(15-12)9-5-7(2)17-8(9)3/h5-6,11H,4H2,1-3H3,(H,14,15). The van der Waals surface area contributed by atoms with Gasteiger partial charge in [-0.3, -0.25) is 0 Å². The first-order valence-corrected chi connectivity index (χ1v) is 6.71. The van der Waals surface area contributed by atoms with Gasteiger partial charge in [-0.05, 0) is 32.4 Å². The molecule has 0 saturated carbocycles. The monoisotopic (exact) mass is 270 g/mol. The van der Waals surface area contributed by atoms with E-state index in [1.807, 2.05) is 6.92 Å². The van der Waals surface area contributed by atoms with Crippen molar-refractivity contribution in [3.8, 4) is 0 Å². The molecule has 1 aromatic heterocycles. The van der Waals surface area contributed by atoms with Gasteiger partial charge in [-0.2, -0.15) is 0 Å². The van der Waals surface area contributed by atoms with Gasteiger partial charge in [-0.25, -0.2) is 4.99 Å². The second-order valence-corrected chi connectivity index (χ2v) is 5.72. The van der Waals surface area contributed by atoms with E-state index >= 15 is 0 Å². The van der Waals surface area contributed by atoms with Crippen molar-refractivity contribution in [2.24, 2.45) is 4.99 Å². The van der Waals surface area contributed by atoms with E-state index in [1.165, 1.54) is 15.3 Å². The Balaban J connectivity index is 2.26. The first-order chi connectivity index (χ1) is 8.11. The lowest BCUT2D eigenvalue weighted by Crippen LogP contribution is -2.33. The normalized spacial score (nSPS) is 19.4. The molecule has 0 fully saturated rings. The average Bonchev–Trinajstić information content (AvgIpc) is 2.61. The van der Waals surface area contributed by atoms with Crippen LogP contribution in [0.25, 0.3) is 0 Å². The Morgan fingerprint density at radius 2 is 2.29 bits per heavy atom. The predicted molar refractivity (Wildman–Crippen MR) is 72.7 cm³/mol. The molecular formula is C12H15ClN2OS. The predicted octanol–water partition coefficient (Wildman–Crippen LogP) is 3.48. The number of aryl methyl sites for hydroxylation is 2. The van der Waals surface area contributed by atoms with E-state index in [2.05, 4.69) is 30.2 Å². The molecule has 1 atom stereocenters. The fourth-order valence-corrected chi connectivity index (χ4v) is 2.99. The number of halogens is 1. The molecule has 1 N–H and O–H groups in total. The molecule has 92 valence electrons. The molecular weight excluding hydrogens is 256 g/mol. The van der Waals surface area contributed by atoms with E-state index in [4.69, 9.17) is 16.3 Å². The van der Waals surface area contributed by atoms with Gasteiger partial charge in [-0.15, -0.1) is 11.3 Å². The van der Waals surface area contributed by atoms with E-state index in [-0.39, 0.29) is 6.04 Å². The SMILES string of the molecule is CCOC1=NC=C(Cl)C(c2cc(C)sc2C)N1. The number of ether oxygens (including phenoxy) is 1. The van der Waals surface area contributed by atoms with Crippen molar-refractivity contribution in [1.29, 1.82) is 0 Å². The summed E-state index contributed by atoms with van der Waals surface area (Å²) < 4.78 is 5.37. The van der Waals surface area contributed by atoms with Gasteiger partial charge >= 0.3 is 0 Å². The number of thiophene rings is 1. The van der Waals surface area contributed by atoms with Crippen molar-refractivity contribution in [2.45, 2.75) is 26.8 Å². The van der Waals surface area contributed by atoms with E-state index in [9.17, 15) is 0 Å². The van der Waals surface area contributed by atoms with Crippen LogP contribution in [-0.2, 0) is 4.74 Å². The molecule has 0 bridgehead atoms. The summed E-state index contributed by atoms with van der Waals surface area (Å²) in [6.45, 7) is 6.72. The van der Waals surface area contributed by atoms with Crippen molar-refractivity contribution < 1.29 is 4.74 Å². The summed E-state index contributed by atoms with van der Waals surface area (Å²) in [5, 5.41) is 3.90. The Morgan fingerprint density at radius 1 is 1.53 bits per heavy atom. The highest BCUT2D eigenvalue weighted by Gasteiger charge is 2.23. The summed E-state index contributed by atoms with van der Waals surface area (Å²) in [7, 11) is 0. The van der Waals surface area contributed by atoms with Crippen molar-refractivity contribution in [3.05, 3.63) is 32.6 Å². The maximum Gasteiger partial charge on any atom is 0.290 e. The maximum absolute atomic E-state index is 6.20. The van der Waals surface area contributed by atoms with Crippen LogP contribution in [0.15, 0.2) is 22.3 Å². The molecule has 0 amide bonds. The molecule has 1 aliphatic heterocycles. The molecule has 5 heteroatoms. The quantitative estimate of drug-likeness (QED) is 0.893. The lowest BCUT2D eigenvalue weighted by atomic mass is 10.1. The zero-order chi connectivity index (χ0) is 12.4. The van der Waals surface area contributed by atoms with Gasteiger partial charge in [0, 0.05) is 16.0 Å². The Kier molecular flexibility index (Phi) is 3.74. The molecule has 0 saturated heterocycles. The van der Waals surface area contributed by atoms with Crippen LogP contribution in [0.3, 0.4) is 0 Å². The van der Waals surface area contributed by atoms with Crippen LogP contribution in [-0.4, -0.2) is 12.6 Å². The summed E-state index contributed by atoms with van der Waals surface area (Å²) >= 11 is 7.98. The second kappa shape index (κ2) is 5.10. The van der Waals surface area contributed by atoms with Crippen molar-refractivity contribution in [3.63, 3.8) is 0 Å². The highest BCUT2D eigenvalue weighted by Crippen LogP contribution is 2.33. The van der Waals surface area contributed by atoms with Crippen LogP contribution < -0.4 is 5.32 Å². The van der Waals surface area contributed by atoms with Crippen molar-refractivity contribution in [2.75, 3.05) is 6.61 Å². The molecule has 2 heterocycles. The van der Waals surface area contributed by atoms with Crippen molar-refractivity contribution in [1.82, 2.24) is 5.32 Å². The number of aliphatic imine (C=N–C) groups is 1. The van der Waals surface area contributed by atoms with Crippen LogP contribution in [0.4, 0.5) is 0 Å². The van der Waals surface area contributed by atoms with E-state index in [0.717, 1.165) is 0 Å². The summed E-state index contributed by atoms with van der Waals surface area (Å²) in [4.78, 5) is 6.65. The smallest absolute Gasteiger partial charge is 0.290 e. The van der Waals surface area contributed by atoms with E-state index in [0.29, 0.717) is 17.7 Å².